The van der Waals surface area contributed by atoms with Crippen LogP contribution in [0.4, 0.5) is 0 Å². The van der Waals surface area contributed by atoms with Crippen LogP contribution in [0.2, 0.25) is 0 Å². The molecule has 2 atom stereocenters. The van der Waals surface area contributed by atoms with Gasteiger partial charge in [-0.25, -0.2) is 0 Å². The summed E-state index contributed by atoms with van der Waals surface area (Å²) in [6.07, 6.45) is 3.03. The van der Waals surface area contributed by atoms with E-state index in [1.165, 1.54) is 0 Å². The van der Waals surface area contributed by atoms with Crippen molar-refractivity contribution in [1.29, 1.82) is 0 Å². The highest BCUT2D eigenvalue weighted by molar-refractivity contribution is 5.84. The maximum atomic E-state index is 11.4. The van der Waals surface area contributed by atoms with Crippen molar-refractivity contribution < 1.29 is 4.79 Å². The molecular formula is C8H16N2O. The lowest BCUT2D eigenvalue weighted by Gasteiger charge is -2.25. The van der Waals surface area contributed by atoms with Gasteiger partial charge >= 0.3 is 0 Å². The molecule has 4 N–H and O–H groups in total. The standard InChI is InChI=1S/C8H16N2O/c9-4-6-2-1-3-7(5-10)8(6)11/h6-7H,1-5,9-10H2. The molecule has 1 saturated carbocycles. The van der Waals surface area contributed by atoms with Gasteiger partial charge in [0.1, 0.15) is 5.78 Å². The first-order valence-corrected chi connectivity index (χ1v) is 4.23. The maximum absolute atomic E-state index is 11.4. The number of carbonyl (C=O) groups is 1. The van der Waals surface area contributed by atoms with Gasteiger partial charge in [-0.05, 0) is 12.8 Å². The van der Waals surface area contributed by atoms with Crippen LogP contribution in [0.15, 0.2) is 0 Å². The van der Waals surface area contributed by atoms with E-state index in [2.05, 4.69) is 0 Å². The van der Waals surface area contributed by atoms with Crippen LogP contribution in [-0.4, -0.2) is 18.9 Å². The van der Waals surface area contributed by atoms with Gasteiger partial charge in [0, 0.05) is 24.9 Å². The van der Waals surface area contributed by atoms with Gasteiger partial charge in [0.15, 0.2) is 0 Å². The second-order valence-electron chi connectivity index (χ2n) is 3.20. The number of nitrogens with two attached hydrogens (primary N) is 2. The highest BCUT2D eigenvalue weighted by Gasteiger charge is 2.28. The lowest BCUT2D eigenvalue weighted by atomic mass is 9.80. The molecule has 1 aliphatic rings. The van der Waals surface area contributed by atoms with Crippen molar-refractivity contribution in [2.24, 2.45) is 23.3 Å². The summed E-state index contributed by atoms with van der Waals surface area (Å²) in [5.74, 6) is 0.482. The van der Waals surface area contributed by atoms with Crippen LogP contribution in [0.1, 0.15) is 19.3 Å². The zero-order valence-corrected chi connectivity index (χ0v) is 6.75. The first-order valence-electron chi connectivity index (χ1n) is 4.23. The normalized spacial score (nSPS) is 32.4. The van der Waals surface area contributed by atoms with E-state index in [1.54, 1.807) is 0 Å². The topological polar surface area (TPSA) is 69.1 Å². The summed E-state index contributed by atoms with van der Waals surface area (Å²) in [6, 6.07) is 0. The first kappa shape index (κ1) is 8.68. The van der Waals surface area contributed by atoms with Crippen LogP contribution in [-0.2, 0) is 4.79 Å². The number of rotatable bonds is 2. The molecule has 1 rings (SSSR count). The summed E-state index contributed by atoms with van der Waals surface area (Å²) in [5, 5.41) is 0. The van der Waals surface area contributed by atoms with Crippen molar-refractivity contribution in [3.8, 4) is 0 Å². The minimum absolute atomic E-state index is 0.0947. The molecule has 1 fully saturated rings. The molecule has 2 unspecified atom stereocenters. The highest BCUT2D eigenvalue weighted by atomic mass is 16.1. The van der Waals surface area contributed by atoms with Gasteiger partial charge in [-0.2, -0.15) is 0 Å². The second kappa shape index (κ2) is 3.83. The molecule has 3 nitrogen and oxygen atoms in total. The first-order chi connectivity index (χ1) is 5.29. The van der Waals surface area contributed by atoms with Crippen molar-refractivity contribution in [1.82, 2.24) is 0 Å². The van der Waals surface area contributed by atoms with Gasteiger partial charge in [0.05, 0.1) is 0 Å². The molecule has 0 heterocycles. The third kappa shape index (κ3) is 1.79. The zero-order valence-electron chi connectivity index (χ0n) is 6.75. The number of Topliss-reactive ketones (excluding diaryl/α,β-unsaturated/α-hetero) is 1. The molecule has 0 radical (unpaired) electrons. The van der Waals surface area contributed by atoms with E-state index in [-0.39, 0.29) is 11.8 Å². The molecule has 0 aliphatic heterocycles. The van der Waals surface area contributed by atoms with Crippen LogP contribution in [0.25, 0.3) is 0 Å². The fourth-order valence-corrected chi connectivity index (χ4v) is 1.70. The molecule has 0 bridgehead atoms. The molecule has 64 valence electrons. The van der Waals surface area contributed by atoms with Crippen LogP contribution < -0.4 is 11.5 Å². The monoisotopic (exact) mass is 156 g/mol. The van der Waals surface area contributed by atoms with E-state index >= 15 is 0 Å². The molecule has 0 saturated heterocycles. The van der Waals surface area contributed by atoms with Crippen LogP contribution in [0, 0.1) is 11.8 Å². The van der Waals surface area contributed by atoms with Crippen molar-refractivity contribution in [2.45, 2.75) is 19.3 Å². The van der Waals surface area contributed by atoms with Gasteiger partial charge in [-0.1, -0.05) is 6.42 Å². The summed E-state index contributed by atoms with van der Waals surface area (Å²) in [4.78, 5) is 11.4. The Bertz CT molecular complexity index is 133. The largest absolute Gasteiger partial charge is 0.330 e. The average Bonchev–Trinajstić information content (AvgIpc) is 2.05. The molecule has 1 aliphatic carbocycles. The highest BCUT2D eigenvalue weighted by Crippen LogP contribution is 2.23. The van der Waals surface area contributed by atoms with Crippen LogP contribution in [0.5, 0.6) is 0 Å². The van der Waals surface area contributed by atoms with Crippen molar-refractivity contribution in [3.63, 3.8) is 0 Å². The number of hydrogen-bond acceptors (Lipinski definition) is 3. The molecule has 0 aromatic carbocycles. The van der Waals surface area contributed by atoms with E-state index in [0.29, 0.717) is 18.9 Å². The smallest absolute Gasteiger partial charge is 0.141 e. The molecule has 3 heteroatoms. The molecular weight excluding hydrogens is 140 g/mol. The Morgan fingerprint density at radius 1 is 1.18 bits per heavy atom. The Balaban J connectivity index is 2.52. The Kier molecular flexibility index (Phi) is 3.02. The average molecular weight is 156 g/mol. The second-order valence-corrected chi connectivity index (χ2v) is 3.20. The van der Waals surface area contributed by atoms with E-state index in [1.807, 2.05) is 0 Å². The van der Waals surface area contributed by atoms with Crippen LogP contribution in [0.3, 0.4) is 0 Å². The third-order valence-electron chi connectivity index (χ3n) is 2.48. The Hall–Kier alpha value is -0.410. The predicted octanol–water partition coefficient (Wildman–Crippen LogP) is -0.111. The fourth-order valence-electron chi connectivity index (χ4n) is 1.70. The fraction of sp³-hybridized carbons (Fsp3) is 0.875. The summed E-state index contributed by atoms with van der Waals surface area (Å²) in [6.45, 7) is 0.991. The SMILES string of the molecule is NCC1CCCC(CN)C1=O. The Morgan fingerprint density at radius 2 is 1.64 bits per heavy atom. The van der Waals surface area contributed by atoms with E-state index in [4.69, 9.17) is 11.5 Å². The summed E-state index contributed by atoms with van der Waals surface area (Å²) >= 11 is 0. The number of hydrogen-bond donors (Lipinski definition) is 2. The Labute approximate surface area is 67.1 Å². The number of carbonyl (C=O) groups excluding carboxylic acids is 1. The predicted molar refractivity (Wildman–Crippen MR) is 43.9 cm³/mol. The third-order valence-corrected chi connectivity index (χ3v) is 2.48. The van der Waals surface area contributed by atoms with Crippen molar-refractivity contribution in [2.75, 3.05) is 13.1 Å². The van der Waals surface area contributed by atoms with Gasteiger partial charge in [-0.3, -0.25) is 4.79 Å². The molecule has 0 aromatic heterocycles. The molecule has 0 spiro atoms. The summed E-state index contributed by atoms with van der Waals surface area (Å²) in [5.41, 5.74) is 10.9. The van der Waals surface area contributed by atoms with E-state index in [0.717, 1.165) is 19.3 Å². The van der Waals surface area contributed by atoms with Crippen molar-refractivity contribution in [3.05, 3.63) is 0 Å². The summed E-state index contributed by atoms with van der Waals surface area (Å²) < 4.78 is 0. The van der Waals surface area contributed by atoms with E-state index in [9.17, 15) is 4.79 Å². The lowest BCUT2D eigenvalue weighted by molar-refractivity contribution is -0.128. The van der Waals surface area contributed by atoms with Crippen LogP contribution >= 0.6 is 0 Å². The minimum atomic E-state index is 0.0947. The van der Waals surface area contributed by atoms with Gasteiger partial charge in [-0.15, -0.1) is 0 Å². The van der Waals surface area contributed by atoms with E-state index < -0.39 is 0 Å². The van der Waals surface area contributed by atoms with Crippen molar-refractivity contribution >= 4 is 5.78 Å². The zero-order chi connectivity index (χ0) is 8.27. The van der Waals surface area contributed by atoms with Gasteiger partial charge < -0.3 is 11.5 Å². The molecule has 0 amide bonds. The summed E-state index contributed by atoms with van der Waals surface area (Å²) in [7, 11) is 0. The van der Waals surface area contributed by atoms with Gasteiger partial charge in [0.2, 0.25) is 0 Å². The Morgan fingerprint density at radius 3 is 2.00 bits per heavy atom. The quantitative estimate of drug-likeness (QED) is 0.586. The number of ketones is 1. The molecule has 0 aromatic rings. The minimum Gasteiger partial charge on any atom is -0.330 e. The van der Waals surface area contributed by atoms with Gasteiger partial charge in [0.25, 0.3) is 0 Å². The maximum Gasteiger partial charge on any atom is 0.141 e. The molecule has 11 heavy (non-hydrogen) atoms. The lowest BCUT2D eigenvalue weighted by Crippen LogP contribution is -2.36.